The van der Waals surface area contributed by atoms with Gasteiger partial charge in [-0.2, -0.15) is 13.2 Å². The molecule has 0 radical (unpaired) electrons. The van der Waals surface area contributed by atoms with E-state index in [2.05, 4.69) is 5.16 Å². The Morgan fingerprint density at radius 2 is 1.81 bits per heavy atom. The third-order valence-electron chi connectivity index (χ3n) is 6.23. The molecule has 0 N–H and O–H groups in total. The minimum absolute atomic E-state index is 0.103. The van der Waals surface area contributed by atoms with Gasteiger partial charge in [-0.3, -0.25) is 0 Å². The molecule has 0 aromatic heterocycles. The molecule has 1 fully saturated rings. The number of ether oxygens (including phenoxy) is 1. The molecule has 2 aliphatic rings. The maximum atomic E-state index is 15.0. The first-order valence-electron chi connectivity index (χ1n) is 10.2. The van der Waals surface area contributed by atoms with Gasteiger partial charge in [0.25, 0.3) is 0 Å². The lowest BCUT2D eigenvalue weighted by Gasteiger charge is -2.48. The summed E-state index contributed by atoms with van der Waals surface area (Å²) >= 11 is 0. The summed E-state index contributed by atoms with van der Waals surface area (Å²) in [7, 11) is 0. The third-order valence-corrected chi connectivity index (χ3v) is 6.23. The van der Waals surface area contributed by atoms with Gasteiger partial charge in [-0.25, -0.2) is 8.78 Å². The molecule has 1 heterocycles. The molecule has 0 amide bonds. The molecule has 2 atom stereocenters. The van der Waals surface area contributed by atoms with E-state index in [1.165, 1.54) is 12.1 Å². The van der Waals surface area contributed by atoms with Crippen LogP contribution in [0.2, 0.25) is 0 Å². The predicted molar refractivity (Wildman–Crippen MR) is 105 cm³/mol. The van der Waals surface area contributed by atoms with Crippen LogP contribution < -0.4 is 4.74 Å². The molecular weight excluding hydrogens is 417 g/mol. The third kappa shape index (κ3) is 4.00. The number of oxime groups is 1. The summed E-state index contributed by atoms with van der Waals surface area (Å²) in [4.78, 5) is 5.17. The molecule has 4 rings (SSSR count). The Labute approximate surface area is 176 Å². The lowest BCUT2D eigenvalue weighted by molar-refractivity contribution is -0.137. The summed E-state index contributed by atoms with van der Waals surface area (Å²) in [6.45, 7) is 2.41. The highest BCUT2D eigenvalue weighted by Gasteiger charge is 2.50. The van der Waals surface area contributed by atoms with Crippen molar-refractivity contribution in [3.05, 3.63) is 64.7 Å². The van der Waals surface area contributed by atoms with Crippen molar-refractivity contribution in [2.24, 2.45) is 11.1 Å². The summed E-state index contributed by atoms with van der Waals surface area (Å²) in [6, 6.07) is 6.97. The fourth-order valence-electron chi connectivity index (χ4n) is 4.76. The fourth-order valence-corrected chi connectivity index (χ4v) is 4.76. The van der Waals surface area contributed by atoms with Gasteiger partial charge < -0.3 is 9.57 Å². The van der Waals surface area contributed by atoms with E-state index in [0.717, 1.165) is 30.0 Å². The Hall–Kier alpha value is -2.64. The Kier molecular flexibility index (Phi) is 5.66. The minimum atomic E-state index is -4.44. The quantitative estimate of drug-likeness (QED) is 0.429. The molecule has 0 unspecified atom stereocenters. The fraction of sp³-hybridized carbons (Fsp3) is 0.435. The highest BCUT2D eigenvalue weighted by atomic mass is 19.4. The van der Waals surface area contributed by atoms with Gasteiger partial charge in [0, 0.05) is 16.9 Å². The van der Waals surface area contributed by atoms with Crippen molar-refractivity contribution >= 4 is 5.71 Å². The molecule has 2 aromatic rings. The Morgan fingerprint density at radius 3 is 2.48 bits per heavy atom. The first-order valence-corrected chi connectivity index (χ1v) is 10.2. The Bertz CT molecular complexity index is 987. The molecule has 3 nitrogen and oxygen atoms in total. The zero-order valence-corrected chi connectivity index (χ0v) is 16.9. The van der Waals surface area contributed by atoms with Gasteiger partial charge in [-0.1, -0.05) is 17.3 Å². The van der Waals surface area contributed by atoms with Crippen molar-refractivity contribution in [1.29, 1.82) is 0 Å². The van der Waals surface area contributed by atoms with Crippen LogP contribution >= 0.6 is 0 Å². The van der Waals surface area contributed by atoms with Crippen LogP contribution in [-0.2, 0) is 22.8 Å². The largest absolute Gasteiger partial charge is 0.490 e. The topological polar surface area (TPSA) is 30.8 Å². The summed E-state index contributed by atoms with van der Waals surface area (Å²) < 4.78 is 74.0. The van der Waals surface area contributed by atoms with Gasteiger partial charge in [0.1, 0.15) is 12.4 Å². The second-order valence-electron chi connectivity index (χ2n) is 8.05. The van der Waals surface area contributed by atoms with Crippen LogP contribution in [0.4, 0.5) is 22.0 Å². The maximum absolute atomic E-state index is 15.0. The standard InChI is InChI=1S/C23H22F5NO2/c1-2-31-29-17-9-10-22(12-14-3-5-15(6-4-14)23(26,27)28)16(11-17)13-30-21-19(25)8-7-18(24)20(21)22/h3-8,16H,2,9-13H2,1H3/b29-17+/t16-,22+/m1/s1. The van der Waals surface area contributed by atoms with E-state index in [1.54, 1.807) is 0 Å². The SMILES string of the molecule is CCO/N=C1\CC[C@@]2(Cc3ccc(C(F)(F)F)cc3)c3c(F)ccc(F)c3OC[C@H]2C1. The van der Waals surface area contributed by atoms with Crippen LogP contribution in [-0.4, -0.2) is 18.9 Å². The average Bonchev–Trinajstić information content (AvgIpc) is 2.74. The predicted octanol–water partition coefficient (Wildman–Crippen LogP) is 6.05. The number of benzene rings is 2. The van der Waals surface area contributed by atoms with Gasteiger partial charge in [0.05, 0.1) is 17.9 Å². The molecule has 1 aliphatic heterocycles. The van der Waals surface area contributed by atoms with Crippen molar-refractivity contribution in [2.75, 3.05) is 13.2 Å². The van der Waals surface area contributed by atoms with Crippen molar-refractivity contribution < 1.29 is 31.5 Å². The first-order chi connectivity index (χ1) is 14.7. The van der Waals surface area contributed by atoms with Gasteiger partial charge in [0.15, 0.2) is 11.6 Å². The highest BCUT2D eigenvalue weighted by Crippen LogP contribution is 2.53. The normalized spacial score (nSPS) is 24.3. The number of hydrogen-bond donors (Lipinski definition) is 0. The second-order valence-corrected chi connectivity index (χ2v) is 8.05. The van der Waals surface area contributed by atoms with Gasteiger partial charge >= 0.3 is 6.18 Å². The molecule has 2 aromatic carbocycles. The zero-order valence-electron chi connectivity index (χ0n) is 16.9. The van der Waals surface area contributed by atoms with Gasteiger partial charge in [-0.05, 0) is 62.4 Å². The molecule has 0 spiro atoms. The lowest BCUT2D eigenvalue weighted by Crippen LogP contribution is -2.49. The Balaban J connectivity index is 1.76. The lowest BCUT2D eigenvalue weighted by atomic mass is 9.58. The summed E-state index contributed by atoms with van der Waals surface area (Å²) in [5.41, 5.74) is 0.0485. The van der Waals surface area contributed by atoms with E-state index in [4.69, 9.17) is 9.57 Å². The number of rotatable bonds is 4. The van der Waals surface area contributed by atoms with E-state index in [9.17, 15) is 17.6 Å². The molecule has 0 saturated heterocycles. The summed E-state index contributed by atoms with van der Waals surface area (Å²) in [5, 5.41) is 4.13. The number of hydrogen-bond acceptors (Lipinski definition) is 3. The van der Waals surface area contributed by atoms with Crippen molar-refractivity contribution in [3.8, 4) is 5.75 Å². The Morgan fingerprint density at radius 1 is 1.10 bits per heavy atom. The van der Waals surface area contributed by atoms with Crippen LogP contribution in [0.5, 0.6) is 5.75 Å². The summed E-state index contributed by atoms with van der Waals surface area (Å²) in [5.74, 6) is -1.53. The van der Waals surface area contributed by atoms with E-state index in [0.29, 0.717) is 31.4 Å². The number of halogens is 5. The molecular formula is C23H22F5NO2. The maximum Gasteiger partial charge on any atom is 0.416 e. The second kappa shape index (κ2) is 8.13. The van der Waals surface area contributed by atoms with Crippen molar-refractivity contribution in [1.82, 2.24) is 0 Å². The van der Waals surface area contributed by atoms with Gasteiger partial charge in [0.2, 0.25) is 0 Å². The number of alkyl halides is 3. The van der Waals surface area contributed by atoms with Crippen LogP contribution in [0.25, 0.3) is 0 Å². The zero-order chi connectivity index (χ0) is 22.2. The van der Waals surface area contributed by atoms with Crippen LogP contribution in [0, 0.1) is 17.6 Å². The molecule has 0 bridgehead atoms. The molecule has 8 heteroatoms. The smallest absolute Gasteiger partial charge is 0.416 e. The van der Waals surface area contributed by atoms with E-state index in [1.807, 2.05) is 6.92 Å². The monoisotopic (exact) mass is 439 g/mol. The average molecular weight is 439 g/mol. The van der Waals surface area contributed by atoms with Crippen molar-refractivity contribution in [3.63, 3.8) is 0 Å². The highest BCUT2D eigenvalue weighted by molar-refractivity contribution is 5.85. The summed E-state index contributed by atoms with van der Waals surface area (Å²) in [6.07, 6.45) is -2.70. The van der Waals surface area contributed by atoms with E-state index in [-0.39, 0.29) is 30.3 Å². The van der Waals surface area contributed by atoms with E-state index < -0.39 is 28.8 Å². The minimum Gasteiger partial charge on any atom is -0.490 e. The molecule has 166 valence electrons. The molecule has 31 heavy (non-hydrogen) atoms. The van der Waals surface area contributed by atoms with Crippen LogP contribution in [0.15, 0.2) is 41.6 Å². The number of nitrogens with zero attached hydrogens (tertiary/aromatic N) is 1. The van der Waals surface area contributed by atoms with Gasteiger partial charge in [-0.15, -0.1) is 0 Å². The van der Waals surface area contributed by atoms with Crippen molar-refractivity contribution in [2.45, 2.75) is 44.2 Å². The number of fused-ring (bicyclic) bond motifs is 3. The van der Waals surface area contributed by atoms with Crippen LogP contribution in [0.1, 0.15) is 42.9 Å². The van der Waals surface area contributed by atoms with Crippen LogP contribution in [0.3, 0.4) is 0 Å². The molecule has 1 saturated carbocycles. The molecule has 1 aliphatic carbocycles. The van der Waals surface area contributed by atoms with E-state index >= 15 is 4.39 Å². The first kappa shape index (κ1) is 21.6.